The summed E-state index contributed by atoms with van der Waals surface area (Å²) in [5.74, 6) is 0.184. The fraction of sp³-hybridized carbons (Fsp3) is 0.727. The van der Waals surface area contributed by atoms with Gasteiger partial charge in [-0.2, -0.15) is 5.10 Å². The van der Waals surface area contributed by atoms with Crippen LogP contribution in [-0.4, -0.2) is 20.5 Å². The van der Waals surface area contributed by atoms with Crippen LogP contribution in [0.3, 0.4) is 0 Å². The minimum Gasteiger partial charge on any atom is -0.390 e. The summed E-state index contributed by atoms with van der Waals surface area (Å²) in [6.45, 7) is 7.69. The number of aliphatic hydroxyl groups is 1. The molecular formula is C11H19ClN2O. The Morgan fingerprint density at radius 1 is 1.53 bits per heavy atom. The second kappa shape index (κ2) is 4.14. The normalized spacial score (nSPS) is 15.7. The zero-order valence-corrected chi connectivity index (χ0v) is 10.8. The summed E-state index contributed by atoms with van der Waals surface area (Å²) in [7, 11) is 1.85. The van der Waals surface area contributed by atoms with Gasteiger partial charge in [0.05, 0.1) is 22.0 Å². The number of nitrogens with zero attached hydrogens (tertiary/aromatic N) is 2. The lowest BCUT2D eigenvalue weighted by molar-refractivity contribution is 0.0123. The van der Waals surface area contributed by atoms with Crippen LogP contribution in [0.15, 0.2) is 0 Å². The van der Waals surface area contributed by atoms with Crippen LogP contribution >= 0.6 is 11.6 Å². The largest absolute Gasteiger partial charge is 0.390 e. The third-order valence-electron chi connectivity index (χ3n) is 3.03. The highest BCUT2D eigenvalue weighted by atomic mass is 35.5. The van der Waals surface area contributed by atoms with Crippen LogP contribution in [0.1, 0.15) is 32.2 Å². The third kappa shape index (κ3) is 2.52. The molecule has 0 spiro atoms. The highest BCUT2D eigenvalue weighted by molar-refractivity contribution is 6.31. The van der Waals surface area contributed by atoms with Crippen molar-refractivity contribution >= 4 is 11.6 Å². The van der Waals surface area contributed by atoms with E-state index in [4.69, 9.17) is 11.6 Å². The minimum atomic E-state index is -0.746. The van der Waals surface area contributed by atoms with Crippen LogP contribution in [0.4, 0.5) is 0 Å². The Bertz CT molecular complexity index is 356. The molecule has 1 unspecified atom stereocenters. The van der Waals surface area contributed by atoms with Gasteiger partial charge < -0.3 is 5.11 Å². The van der Waals surface area contributed by atoms with Gasteiger partial charge in [-0.25, -0.2) is 0 Å². The molecule has 0 aliphatic carbocycles. The minimum absolute atomic E-state index is 0.184. The Morgan fingerprint density at radius 3 is 2.40 bits per heavy atom. The van der Waals surface area contributed by atoms with Gasteiger partial charge in [-0.05, 0) is 19.8 Å². The molecule has 0 aromatic carbocycles. The molecule has 1 atom stereocenters. The molecule has 0 aliphatic rings. The van der Waals surface area contributed by atoms with E-state index in [-0.39, 0.29) is 5.92 Å². The zero-order valence-electron chi connectivity index (χ0n) is 10.0. The van der Waals surface area contributed by atoms with Gasteiger partial charge in [-0.1, -0.05) is 25.4 Å². The monoisotopic (exact) mass is 230 g/mol. The Morgan fingerprint density at radius 2 is 2.07 bits per heavy atom. The Balaban J connectivity index is 2.99. The summed E-state index contributed by atoms with van der Waals surface area (Å²) in [6, 6.07) is 0. The van der Waals surface area contributed by atoms with Crippen molar-refractivity contribution in [1.29, 1.82) is 0 Å². The third-order valence-corrected chi connectivity index (χ3v) is 3.52. The van der Waals surface area contributed by atoms with Crippen LogP contribution in [0.5, 0.6) is 0 Å². The van der Waals surface area contributed by atoms with E-state index in [2.05, 4.69) is 5.10 Å². The van der Waals surface area contributed by atoms with Crippen LogP contribution in [0.2, 0.25) is 5.02 Å². The van der Waals surface area contributed by atoms with E-state index >= 15 is 0 Å². The number of hydrogen-bond acceptors (Lipinski definition) is 2. The smallest absolute Gasteiger partial charge is 0.0848 e. The van der Waals surface area contributed by atoms with Crippen molar-refractivity contribution in [1.82, 2.24) is 9.78 Å². The van der Waals surface area contributed by atoms with Gasteiger partial charge in [0.2, 0.25) is 0 Å². The summed E-state index contributed by atoms with van der Waals surface area (Å²) < 4.78 is 1.74. The molecule has 0 saturated heterocycles. The van der Waals surface area contributed by atoms with Gasteiger partial charge >= 0.3 is 0 Å². The van der Waals surface area contributed by atoms with E-state index in [0.717, 1.165) is 11.4 Å². The van der Waals surface area contributed by atoms with Crippen LogP contribution in [-0.2, 0) is 13.5 Å². The van der Waals surface area contributed by atoms with E-state index in [0.29, 0.717) is 11.4 Å². The molecule has 1 heterocycles. The summed E-state index contributed by atoms with van der Waals surface area (Å²) in [5, 5.41) is 15.1. The van der Waals surface area contributed by atoms with Crippen molar-refractivity contribution in [2.45, 2.75) is 39.7 Å². The van der Waals surface area contributed by atoms with E-state index in [1.807, 2.05) is 34.7 Å². The van der Waals surface area contributed by atoms with Crippen LogP contribution < -0.4 is 0 Å². The number of aromatic nitrogens is 2. The molecular weight excluding hydrogens is 212 g/mol. The maximum Gasteiger partial charge on any atom is 0.0848 e. The predicted octanol–water partition coefficient (Wildman–Crippen LogP) is 2.33. The summed E-state index contributed by atoms with van der Waals surface area (Å²) in [5.41, 5.74) is 0.964. The van der Waals surface area contributed by atoms with Crippen LogP contribution in [0.25, 0.3) is 0 Å². The average Bonchev–Trinajstić information content (AvgIpc) is 2.32. The lowest BCUT2D eigenvalue weighted by Crippen LogP contribution is -2.34. The first-order valence-corrected chi connectivity index (χ1v) is 5.54. The fourth-order valence-electron chi connectivity index (χ4n) is 1.42. The molecule has 0 radical (unpaired) electrons. The van der Waals surface area contributed by atoms with Gasteiger partial charge in [0.1, 0.15) is 0 Å². The number of rotatable bonds is 3. The molecule has 1 rings (SSSR count). The molecule has 0 aliphatic heterocycles. The molecule has 0 saturated carbocycles. The first kappa shape index (κ1) is 12.5. The Labute approximate surface area is 96.1 Å². The molecule has 86 valence electrons. The molecule has 3 nitrogen and oxygen atoms in total. The lowest BCUT2D eigenvalue weighted by atomic mass is 9.88. The maximum absolute atomic E-state index is 10.2. The lowest BCUT2D eigenvalue weighted by Gasteiger charge is -2.27. The molecule has 1 aromatic heterocycles. The van der Waals surface area contributed by atoms with E-state index in [9.17, 15) is 5.11 Å². The Hall–Kier alpha value is -0.540. The van der Waals surface area contributed by atoms with E-state index < -0.39 is 5.60 Å². The maximum atomic E-state index is 10.2. The second-order valence-electron chi connectivity index (χ2n) is 4.66. The van der Waals surface area contributed by atoms with Gasteiger partial charge in [0.25, 0.3) is 0 Å². The average molecular weight is 231 g/mol. The zero-order chi connectivity index (χ0) is 11.8. The molecule has 0 fully saturated rings. The van der Waals surface area contributed by atoms with E-state index in [1.54, 1.807) is 4.68 Å². The predicted molar refractivity (Wildman–Crippen MR) is 62.1 cm³/mol. The summed E-state index contributed by atoms with van der Waals surface area (Å²) in [4.78, 5) is 0. The highest BCUT2D eigenvalue weighted by Gasteiger charge is 2.28. The van der Waals surface area contributed by atoms with Crippen molar-refractivity contribution < 1.29 is 5.11 Å². The first-order valence-electron chi connectivity index (χ1n) is 5.16. The molecule has 1 N–H and O–H groups in total. The van der Waals surface area contributed by atoms with Crippen molar-refractivity contribution in [3.05, 3.63) is 16.4 Å². The van der Waals surface area contributed by atoms with Crippen molar-refractivity contribution in [2.24, 2.45) is 13.0 Å². The molecule has 15 heavy (non-hydrogen) atoms. The topological polar surface area (TPSA) is 38.0 Å². The number of aryl methyl sites for hydroxylation is 2. The van der Waals surface area contributed by atoms with Crippen molar-refractivity contribution in [3.8, 4) is 0 Å². The molecule has 0 bridgehead atoms. The summed E-state index contributed by atoms with van der Waals surface area (Å²) >= 11 is 6.13. The standard InChI is InChI=1S/C11H19ClN2O/c1-7(2)11(4,15)6-9-10(12)8(3)13-14(9)5/h7,15H,6H2,1-5H3. The Kier molecular flexibility index (Phi) is 3.46. The fourth-order valence-corrected chi connectivity index (χ4v) is 1.64. The summed E-state index contributed by atoms with van der Waals surface area (Å²) in [6.07, 6.45) is 0.529. The van der Waals surface area contributed by atoms with Gasteiger partial charge in [0, 0.05) is 13.5 Å². The van der Waals surface area contributed by atoms with E-state index in [1.165, 1.54) is 0 Å². The van der Waals surface area contributed by atoms with Gasteiger partial charge in [0.15, 0.2) is 0 Å². The van der Waals surface area contributed by atoms with Gasteiger partial charge in [-0.15, -0.1) is 0 Å². The number of halogens is 1. The first-order chi connectivity index (χ1) is 6.75. The molecule has 1 aromatic rings. The van der Waals surface area contributed by atoms with Gasteiger partial charge in [-0.3, -0.25) is 4.68 Å². The molecule has 0 amide bonds. The van der Waals surface area contributed by atoms with Crippen LogP contribution in [0, 0.1) is 12.8 Å². The highest BCUT2D eigenvalue weighted by Crippen LogP contribution is 2.27. The second-order valence-corrected chi connectivity index (χ2v) is 5.04. The van der Waals surface area contributed by atoms with Crippen molar-refractivity contribution in [3.63, 3.8) is 0 Å². The SMILES string of the molecule is Cc1nn(C)c(CC(C)(O)C(C)C)c1Cl. The quantitative estimate of drug-likeness (QED) is 0.866. The molecule has 4 heteroatoms. The van der Waals surface area contributed by atoms with Crippen molar-refractivity contribution in [2.75, 3.05) is 0 Å². The number of hydrogen-bond donors (Lipinski definition) is 1.